The molecule has 1 aromatic rings. The third-order valence-corrected chi connectivity index (χ3v) is 2.69. The Hall–Kier alpha value is -1.32. The Morgan fingerprint density at radius 2 is 1.75 bits per heavy atom. The van der Waals surface area contributed by atoms with E-state index in [1.165, 1.54) is 0 Å². The summed E-state index contributed by atoms with van der Waals surface area (Å²) in [5.74, 6) is 2.70. The second-order valence-corrected chi connectivity index (χ2v) is 4.37. The van der Waals surface area contributed by atoms with Crippen LogP contribution in [0.4, 0.5) is 5.82 Å². The van der Waals surface area contributed by atoms with Crippen molar-refractivity contribution in [1.82, 2.24) is 9.97 Å². The standard InChI is InChI=1S/C12H21N3O/c1-7(2)9(4)16-12-8(3)11(13-6)14-10(5)15-12/h7,9H,1-6H3,(H,13,14,15). The Labute approximate surface area is 97.5 Å². The summed E-state index contributed by atoms with van der Waals surface area (Å²) < 4.78 is 5.84. The van der Waals surface area contributed by atoms with Crippen LogP contribution in [-0.2, 0) is 0 Å². The van der Waals surface area contributed by atoms with Crippen LogP contribution in [0.15, 0.2) is 0 Å². The Kier molecular flexibility index (Phi) is 4.10. The van der Waals surface area contributed by atoms with Crippen molar-refractivity contribution in [3.63, 3.8) is 0 Å². The third kappa shape index (κ3) is 2.84. The van der Waals surface area contributed by atoms with Crippen molar-refractivity contribution in [1.29, 1.82) is 0 Å². The largest absolute Gasteiger partial charge is 0.474 e. The van der Waals surface area contributed by atoms with Crippen LogP contribution in [0.5, 0.6) is 5.88 Å². The lowest BCUT2D eigenvalue weighted by atomic mass is 10.1. The van der Waals surface area contributed by atoms with Crippen molar-refractivity contribution >= 4 is 5.82 Å². The van der Waals surface area contributed by atoms with E-state index >= 15 is 0 Å². The lowest BCUT2D eigenvalue weighted by Crippen LogP contribution is -2.20. The van der Waals surface area contributed by atoms with Gasteiger partial charge in [-0.25, -0.2) is 4.98 Å². The Morgan fingerprint density at radius 3 is 2.25 bits per heavy atom. The number of hydrogen-bond donors (Lipinski definition) is 1. The van der Waals surface area contributed by atoms with Gasteiger partial charge in [0.15, 0.2) is 0 Å². The van der Waals surface area contributed by atoms with Crippen molar-refractivity contribution in [2.45, 2.75) is 40.7 Å². The fourth-order valence-corrected chi connectivity index (χ4v) is 1.27. The van der Waals surface area contributed by atoms with Crippen molar-refractivity contribution < 1.29 is 4.74 Å². The SMILES string of the molecule is CNc1nc(C)nc(OC(C)C(C)C)c1C. The zero-order chi connectivity index (χ0) is 12.3. The fraction of sp³-hybridized carbons (Fsp3) is 0.667. The number of aryl methyl sites for hydroxylation is 1. The molecule has 1 rings (SSSR count). The van der Waals surface area contributed by atoms with E-state index < -0.39 is 0 Å². The molecule has 90 valence electrons. The minimum atomic E-state index is 0.151. The summed E-state index contributed by atoms with van der Waals surface area (Å²) in [7, 11) is 1.85. The molecule has 1 atom stereocenters. The van der Waals surface area contributed by atoms with Crippen LogP contribution >= 0.6 is 0 Å². The second-order valence-electron chi connectivity index (χ2n) is 4.37. The highest BCUT2D eigenvalue weighted by Crippen LogP contribution is 2.23. The predicted octanol–water partition coefficient (Wildman–Crippen LogP) is 2.56. The van der Waals surface area contributed by atoms with Gasteiger partial charge in [0, 0.05) is 7.05 Å². The average Bonchev–Trinajstić information content (AvgIpc) is 2.22. The zero-order valence-corrected chi connectivity index (χ0v) is 11.0. The number of nitrogens with one attached hydrogen (secondary N) is 1. The second kappa shape index (κ2) is 5.14. The predicted molar refractivity (Wildman–Crippen MR) is 66.0 cm³/mol. The molecule has 1 N–H and O–H groups in total. The molecule has 0 fully saturated rings. The summed E-state index contributed by atoms with van der Waals surface area (Å²) in [6.45, 7) is 10.2. The first-order chi connectivity index (χ1) is 7.45. The van der Waals surface area contributed by atoms with E-state index in [9.17, 15) is 0 Å². The molecular formula is C12H21N3O. The van der Waals surface area contributed by atoms with Gasteiger partial charge in [0.1, 0.15) is 11.6 Å². The average molecular weight is 223 g/mol. The van der Waals surface area contributed by atoms with Gasteiger partial charge in [-0.3, -0.25) is 0 Å². The molecule has 0 radical (unpaired) electrons. The minimum Gasteiger partial charge on any atom is -0.474 e. The van der Waals surface area contributed by atoms with E-state index in [-0.39, 0.29) is 6.10 Å². The number of ether oxygens (including phenoxy) is 1. The van der Waals surface area contributed by atoms with Gasteiger partial charge in [-0.1, -0.05) is 13.8 Å². The lowest BCUT2D eigenvalue weighted by Gasteiger charge is -2.19. The highest BCUT2D eigenvalue weighted by Gasteiger charge is 2.14. The van der Waals surface area contributed by atoms with Crippen LogP contribution in [-0.4, -0.2) is 23.1 Å². The molecule has 0 saturated carbocycles. The number of rotatable bonds is 4. The van der Waals surface area contributed by atoms with E-state index in [2.05, 4.69) is 36.1 Å². The van der Waals surface area contributed by atoms with Gasteiger partial charge in [-0.15, -0.1) is 0 Å². The Balaban J connectivity index is 2.99. The molecule has 0 amide bonds. The van der Waals surface area contributed by atoms with Crippen molar-refractivity contribution in [2.75, 3.05) is 12.4 Å². The summed E-state index contributed by atoms with van der Waals surface area (Å²) in [5, 5.41) is 3.05. The smallest absolute Gasteiger partial charge is 0.222 e. The Morgan fingerprint density at radius 1 is 1.12 bits per heavy atom. The molecule has 0 bridgehead atoms. The van der Waals surface area contributed by atoms with Crippen LogP contribution in [0.2, 0.25) is 0 Å². The van der Waals surface area contributed by atoms with E-state index in [1.807, 2.05) is 20.9 Å². The summed E-state index contributed by atoms with van der Waals surface area (Å²) in [5.41, 5.74) is 0.959. The molecule has 4 nitrogen and oxygen atoms in total. The van der Waals surface area contributed by atoms with Crippen LogP contribution in [0.25, 0.3) is 0 Å². The van der Waals surface area contributed by atoms with E-state index in [0.29, 0.717) is 11.8 Å². The molecule has 1 unspecified atom stereocenters. The van der Waals surface area contributed by atoms with Crippen LogP contribution in [0.3, 0.4) is 0 Å². The third-order valence-electron chi connectivity index (χ3n) is 2.69. The number of nitrogens with zero attached hydrogens (tertiary/aromatic N) is 2. The van der Waals surface area contributed by atoms with E-state index in [1.54, 1.807) is 0 Å². The molecule has 0 spiro atoms. The highest BCUT2D eigenvalue weighted by molar-refractivity contribution is 5.47. The molecule has 0 aliphatic heterocycles. The highest BCUT2D eigenvalue weighted by atomic mass is 16.5. The fourth-order valence-electron chi connectivity index (χ4n) is 1.27. The van der Waals surface area contributed by atoms with Crippen LogP contribution < -0.4 is 10.1 Å². The van der Waals surface area contributed by atoms with Gasteiger partial charge in [0.2, 0.25) is 5.88 Å². The van der Waals surface area contributed by atoms with Crippen molar-refractivity contribution in [3.05, 3.63) is 11.4 Å². The maximum atomic E-state index is 5.84. The monoisotopic (exact) mass is 223 g/mol. The minimum absolute atomic E-state index is 0.151. The first-order valence-electron chi connectivity index (χ1n) is 5.65. The molecule has 1 heterocycles. The topological polar surface area (TPSA) is 47.0 Å². The first kappa shape index (κ1) is 12.7. The molecule has 0 aliphatic rings. The quantitative estimate of drug-likeness (QED) is 0.852. The van der Waals surface area contributed by atoms with Crippen molar-refractivity contribution in [2.24, 2.45) is 5.92 Å². The van der Waals surface area contributed by atoms with Gasteiger partial charge in [-0.05, 0) is 26.7 Å². The maximum absolute atomic E-state index is 5.84. The summed E-state index contributed by atoms with van der Waals surface area (Å²) in [6.07, 6.45) is 0.151. The van der Waals surface area contributed by atoms with Gasteiger partial charge in [0.25, 0.3) is 0 Å². The molecule has 4 heteroatoms. The number of anilines is 1. The molecular weight excluding hydrogens is 202 g/mol. The molecule has 1 aromatic heterocycles. The van der Waals surface area contributed by atoms with E-state index in [4.69, 9.17) is 4.74 Å². The molecule has 0 aliphatic carbocycles. The normalized spacial score (nSPS) is 12.7. The van der Waals surface area contributed by atoms with E-state index in [0.717, 1.165) is 17.2 Å². The number of aromatic nitrogens is 2. The summed E-state index contributed by atoms with van der Waals surface area (Å²) >= 11 is 0. The Bertz CT molecular complexity index is 364. The molecule has 0 saturated heterocycles. The molecule has 0 aromatic carbocycles. The van der Waals surface area contributed by atoms with Gasteiger partial charge < -0.3 is 10.1 Å². The first-order valence-corrected chi connectivity index (χ1v) is 5.65. The van der Waals surface area contributed by atoms with Gasteiger partial charge >= 0.3 is 0 Å². The van der Waals surface area contributed by atoms with Crippen molar-refractivity contribution in [3.8, 4) is 5.88 Å². The summed E-state index contributed by atoms with van der Waals surface area (Å²) in [6, 6.07) is 0. The summed E-state index contributed by atoms with van der Waals surface area (Å²) in [4.78, 5) is 8.63. The zero-order valence-electron chi connectivity index (χ0n) is 11.0. The van der Waals surface area contributed by atoms with Crippen LogP contribution in [0, 0.1) is 19.8 Å². The maximum Gasteiger partial charge on any atom is 0.222 e. The van der Waals surface area contributed by atoms with Gasteiger partial charge in [0.05, 0.1) is 11.7 Å². The molecule has 16 heavy (non-hydrogen) atoms. The van der Waals surface area contributed by atoms with Crippen LogP contribution in [0.1, 0.15) is 32.2 Å². The number of hydrogen-bond acceptors (Lipinski definition) is 4. The van der Waals surface area contributed by atoms with Gasteiger partial charge in [-0.2, -0.15) is 4.98 Å². The lowest BCUT2D eigenvalue weighted by molar-refractivity contribution is 0.161.